The molecule has 0 amide bonds. The van der Waals surface area contributed by atoms with Crippen molar-refractivity contribution in [3.63, 3.8) is 0 Å². The highest BCUT2D eigenvalue weighted by atomic mass is 32.1. The number of nitrogens with zero attached hydrogens (tertiary/aromatic N) is 3. The Morgan fingerprint density at radius 3 is 2.73 bits per heavy atom. The van der Waals surface area contributed by atoms with Crippen LogP contribution in [-0.2, 0) is 19.4 Å². The van der Waals surface area contributed by atoms with Crippen molar-refractivity contribution in [2.24, 2.45) is 0 Å². The van der Waals surface area contributed by atoms with Gasteiger partial charge in [-0.05, 0) is 36.6 Å². The smallest absolute Gasteiger partial charge is 0.262 e. The largest absolute Gasteiger partial charge is 0.497 e. The van der Waals surface area contributed by atoms with Gasteiger partial charge in [0.2, 0.25) is 0 Å². The van der Waals surface area contributed by atoms with Gasteiger partial charge in [-0.1, -0.05) is 19.1 Å². The van der Waals surface area contributed by atoms with Crippen LogP contribution in [0.2, 0.25) is 0 Å². The van der Waals surface area contributed by atoms with Crippen LogP contribution in [0.15, 0.2) is 35.1 Å². The van der Waals surface area contributed by atoms with E-state index >= 15 is 0 Å². The van der Waals surface area contributed by atoms with Gasteiger partial charge in [-0.3, -0.25) is 9.36 Å². The molecule has 0 spiro atoms. The number of aromatic nitrogens is 2. The van der Waals surface area contributed by atoms with Gasteiger partial charge in [-0.15, -0.1) is 11.3 Å². The monoisotopic (exact) mass is 367 g/mol. The molecule has 6 heteroatoms. The van der Waals surface area contributed by atoms with Crippen molar-refractivity contribution < 1.29 is 4.74 Å². The Kier molecular flexibility index (Phi) is 5.69. The van der Waals surface area contributed by atoms with Crippen molar-refractivity contribution in [2.75, 3.05) is 7.11 Å². The number of methoxy groups -OCH3 is 1. The maximum absolute atomic E-state index is 13.0. The number of aryl methyl sites for hydroxylation is 1. The molecular formula is C20H21N3O2S. The quantitative estimate of drug-likeness (QED) is 0.594. The van der Waals surface area contributed by atoms with Crippen LogP contribution in [0.25, 0.3) is 10.2 Å². The Morgan fingerprint density at radius 1 is 1.31 bits per heavy atom. The van der Waals surface area contributed by atoms with Crippen LogP contribution < -0.4 is 10.3 Å². The zero-order valence-corrected chi connectivity index (χ0v) is 15.8. The van der Waals surface area contributed by atoms with E-state index in [0.29, 0.717) is 31.2 Å². The lowest BCUT2D eigenvalue weighted by Crippen LogP contribution is -2.25. The lowest BCUT2D eigenvalue weighted by Gasteiger charge is -2.12. The Balaban J connectivity index is 2.03. The third kappa shape index (κ3) is 3.78. The Bertz CT molecular complexity index is 997. The summed E-state index contributed by atoms with van der Waals surface area (Å²) in [5, 5.41) is 9.49. The second-order valence-corrected chi connectivity index (χ2v) is 7.17. The van der Waals surface area contributed by atoms with Gasteiger partial charge in [0, 0.05) is 24.3 Å². The van der Waals surface area contributed by atoms with E-state index in [1.165, 1.54) is 0 Å². The maximum Gasteiger partial charge on any atom is 0.262 e. The Hall–Kier alpha value is -2.65. The number of rotatable bonds is 7. The van der Waals surface area contributed by atoms with E-state index in [1.807, 2.05) is 30.3 Å². The molecule has 0 bridgehead atoms. The van der Waals surface area contributed by atoms with Crippen LogP contribution in [-0.4, -0.2) is 16.7 Å². The van der Waals surface area contributed by atoms with Gasteiger partial charge in [0.15, 0.2) is 0 Å². The normalized spacial score (nSPS) is 10.8. The van der Waals surface area contributed by atoms with Crippen molar-refractivity contribution in [2.45, 2.75) is 39.2 Å². The summed E-state index contributed by atoms with van der Waals surface area (Å²) >= 11 is 1.58. The van der Waals surface area contributed by atoms with Gasteiger partial charge < -0.3 is 4.74 Å². The van der Waals surface area contributed by atoms with Crippen molar-refractivity contribution in [1.82, 2.24) is 9.55 Å². The van der Waals surface area contributed by atoms with Gasteiger partial charge in [0.05, 0.1) is 18.6 Å². The average Bonchev–Trinajstić information content (AvgIpc) is 3.08. The fourth-order valence-electron chi connectivity index (χ4n) is 2.89. The van der Waals surface area contributed by atoms with E-state index in [-0.39, 0.29) is 5.56 Å². The fourth-order valence-corrected chi connectivity index (χ4v) is 3.87. The number of thiophene rings is 1. The molecule has 0 aliphatic carbocycles. The molecule has 5 nitrogen and oxygen atoms in total. The molecule has 0 saturated heterocycles. The summed E-state index contributed by atoms with van der Waals surface area (Å²) in [7, 11) is 1.64. The molecule has 0 aliphatic heterocycles. The van der Waals surface area contributed by atoms with Crippen LogP contribution in [0, 0.1) is 11.3 Å². The van der Waals surface area contributed by atoms with Crippen LogP contribution in [0.3, 0.4) is 0 Å². The minimum absolute atomic E-state index is 0.00704. The van der Waals surface area contributed by atoms with Gasteiger partial charge in [-0.2, -0.15) is 5.26 Å². The number of unbranched alkanes of at least 4 members (excludes halogenated alkanes) is 1. The molecule has 0 aliphatic rings. The van der Waals surface area contributed by atoms with E-state index in [0.717, 1.165) is 33.3 Å². The molecular weight excluding hydrogens is 346 g/mol. The molecule has 0 N–H and O–H groups in total. The third-order valence-electron chi connectivity index (χ3n) is 4.32. The molecule has 0 saturated carbocycles. The molecule has 3 aromatic rings. The summed E-state index contributed by atoms with van der Waals surface area (Å²) < 4.78 is 6.93. The van der Waals surface area contributed by atoms with Gasteiger partial charge in [0.1, 0.15) is 16.4 Å². The predicted molar refractivity (Wildman–Crippen MR) is 104 cm³/mol. The molecule has 26 heavy (non-hydrogen) atoms. The summed E-state index contributed by atoms with van der Waals surface area (Å²) in [4.78, 5) is 19.7. The first-order valence-electron chi connectivity index (χ1n) is 8.68. The minimum atomic E-state index is -0.00704. The SMILES string of the molecule is CCc1cc2c(=O)n(CCCC#N)c(Cc3ccc(OC)cc3)nc2s1. The highest BCUT2D eigenvalue weighted by Gasteiger charge is 2.14. The zero-order valence-electron chi connectivity index (χ0n) is 15.0. The fraction of sp³-hybridized carbons (Fsp3) is 0.350. The average molecular weight is 367 g/mol. The van der Waals surface area contributed by atoms with E-state index in [2.05, 4.69) is 13.0 Å². The highest BCUT2D eigenvalue weighted by molar-refractivity contribution is 7.18. The Labute approximate surface area is 156 Å². The number of benzene rings is 1. The van der Waals surface area contributed by atoms with Crippen LogP contribution in [0.1, 0.15) is 36.0 Å². The number of hydrogen-bond donors (Lipinski definition) is 0. The Morgan fingerprint density at radius 2 is 2.08 bits per heavy atom. The summed E-state index contributed by atoms with van der Waals surface area (Å²) in [6.45, 7) is 2.59. The molecule has 0 atom stereocenters. The topological polar surface area (TPSA) is 67.9 Å². The second-order valence-electron chi connectivity index (χ2n) is 6.06. The van der Waals surface area contributed by atoms with Crippen molar-refractivity contribution in [1.29, 1.82) is 5.26 Å². The van der Waals surface area contributed by atoms with Gasteiger partial charge >= 0.3 is 0 Å². The van der Waals surface area contributed by atoms with Crippen molar-refractivity contribution in [3.8, 4) is 11.8 Å². The summed E-state index contributed by atoms with van der Waals surface area (Å²) in [5.41, 5.74) is 1.06. The number of nitriles is 1. The second kappa shape index (κ2) is 8.15. The minimum Gasteiger partial charge on any atom is -0.497 e. The molecule has 2 heterocycles. The first-order valence-corrected chi connectivity index (χ1v) is 9.50. The van der Waals surface area contributed by atoms with Crippen molar-refractivity contribution >= 4 is 21.6 Å². The van der Waals surface area contributed by atoms with E-state index in [1.54, 1.807) is 23.0 Å². The standard InChI is InChI=1S/C20H21N3O2S/c1-3-16-13-17-19(26-16)22-18(23(20(17)24)11-5-4-10-21)12-14-6-8-15(25-2)9-7-14/h6-9,13H,3-5,11-12H2,1-2H3. The van der Waals surface area contributed by atoms with E-state index in [9.17, 15) is 4.79 Å². The van der Waals surface area contributed by atoms with Crippen LogP contribution in [0.4, 0.5) is 0 Å². The van der Waals surface area contributed by atoms with E-state index in [4.69, 9.17) is 15.0 Å². The summed E-state index contributed by atoms with van der Waals surface area (Å²) in [6.07, 6.45) is 2.53. The summed E-state index contributed by atoms with van der Waals surface area (Å²) in [6, 6.07) is 11.9. The van der Waals surface area contributed by atoms with Gasteiger partial charge in [-0.25, -0.2) is 4.98 Å². The number of fused-ring (bicyclic) bond motifs is 1. The number of hydrogen-bond acceptors (Lipinski definition) is 5. The predicted octanol–water partition coefficient (Wildman–Crippen LogP) is 3.92. The molecule has 0 fully saturated rings. The molecule has 134 valence electrons. The van der Waals surface area contributed by atoms with E-state index < -0.39 is 0 Å². The lowest BCUT2D eigenvalue weighted by molar-refractivity contribution is 0.414. The molecule has 3 rings (SSSR count). The number of ether oxygens (including phenoxy) is 1. The van der Waals surface area contributed by atoms with Crippen molar-refractivity contribution in [3.05, 3.63) is 57.0 Å². The highest BCUT2D eigenvalue weighted by Crippen LogP contribution is 2.23. The van der Waals surface area contributed by atoms with Crippen LogP contribution >= 0.6 is 11.3 Å². The lowest BCUT2D eigenvalue weighted by atomic mass is 10.1. The first-order chi connectivity index (χ1) is 12.7. The summed E-state index contributed by atoms with van der Waals surface area (Å²) in [5.74, 6) is 1.55. The first kappa shape index (κ1) is 18.2. The van der Waals surface area contributed by atoms with Crippen LogP contribution in [0.5, 0.6) is 5.75 Å². The zero-order chi connectivity index (χ0) is 18.5. The molecule has 0 unspecified atom stereocenters. The van der Waals surface area contributed by atoms with Gasteiger partial charge in [0.25, 0.3) is 5.56 Å². The third-order valence-corrected chi connectivity index (χ3v) is 5.49. The maximum atomic E-state index is 13.0. The molecule has 1 aromatic carbocycles. The molecule has 0 radical (unpaired) electrons. The molecule has 2 aromatic heterocycles.